The molecule has 2 aromatic carbocycles. The van der Waals surface area contributed by atoms with Crippen LogP contribution in [0.1, 0.15) is 65.6 Å². The van der Waals surface area contributed by atoms with Crippen LogP contribution in [0, 0.1) is 13.8 Å². The number of carbonyl (C=O) groups excluding carboxylic acids is 2. The van der Waals surface area contributed by atoms with Crippen LogP contribution in [-0.2, 0) is 22.4 Å². The maximum atomic E-state index is 13.9. The molecule has 1 unspecified atom stereocenters. The van der Waals surface area contributed by atoms with E-state index in [1.165, 1.54) is 0 Å². The number of Topliss-reactive ketones (excluding diaryl/α,β-unsaturated/α-hetero) is 1. The maximum absolute atomic E-state index is 13.9. The minimum absolute atomic E-state index is 0.0529. The Hall–Kier alpha value is -4.29. The Kier molecular flexibility index (Phi) is 12.0. The van der Waals surface area contributed by atoms with Gasteiger partial charge >= 0.3 is 0 Å². The summed E-state index contributed by atoms with van der Waals surface area (Å²) in [6.45, 7) is 4.31. The molecule has 0 saturated carbocycles. The van der Waals surface area contributed by atoms with Gasteiger partial charge < -0.3 is 37.9 Å². The number of nitrogens with two attached hydrogens (primary N) is 4. The first-order valence-corrected chi connectivity index (χ1v) is 14.1. The first kappa shape index (κ1) is 32.2. The highest BCUT2D eigenvalue weighted by molar-refractivity contribution is 5.91. The van der Waals surface area contributed by atoms with Crippen LogP contribution in [0.2, 0.25) is 0 Å². The molecule has 3 rings (SSSR count). The Bertz CT molecular complexity index is 1330. The van der Waals surface area contributed by atoms with Crippen molar-refractivity contribution in [1.29, 1.82) is 0 Å². The quantitative estimate of drug-likeness (QED) is 0.106. The highest BCUT2D eigenvalue weighted by Gasteiger charge is 2.30. The van der Waals surface area contributed by atoms with E-state index >= 15 is 0 Å². The van der Waals surface area contributed by atoms with Gasteiger partial charge in [0.2, 0.25) is 11.8 Å². The zero-order valence-electron chi connectivity index (χ0n) is 24.3. The predicted molar refractivity (Wildman–Crippen MR) is 161 cm³/mol. The second kappa shape index (κ2) is 15.6. The Morgan fingerprint density at radius 2 is 1.79 bits per heavy atom. The van der Waals surface area contributed by atoms with E-state index < -0.39 is 18.0 Å². The van der Waals surface area contributed by atoms with Gasteiger partial charge in [0.1, 0.15) is 5.75 Å². The fourth-order valence-corrected chi connectivity index (χ4v) is 4.83. The molecule has 0 fully saturated rings. The molecule has 10 N–H and O–H groups in total. The van der Waals surface area contributed by atoms with Crippen molar-refractivity contribution in [3.63, 3.8) is 0 Å². The molecule has 1 aromatic heterocycles. The fraction of sp³-hybridized carbons (Fsp3) is 0.433. The molecule has 0 bridgehead atoms. The number of benzene rings is 2. The lowest BCUT2D eigenvalue weighted by Crippen LogP contribution is -2.50. The van der Waals surface area contributed by atoms with Crippen molar-refractivity contribution in [2.24, 2.45) is 27.9 Å². The Labute approximate surface area is 245 Å². The SMILES string of the molecule is Cc1cc(O)cc(C)c1C[C@H](NC(=O)C(N)CCN=C(N)N)C(=O)C[C@@H](CCCN)c1nc(Cc2ccccc2)no1. The number of ketones is 1. The number of rotatable bonds is 16. The van der Waals surface area contributed by atoms with Gasteiger partial charge in [-0.3, -0.25) is 14.6 Å². The number of phenols is 1. The summed E-state index contributed by atoms with van der Waals surface area (Å²) < 4.78 is 5.61. The fourth-order valence-electron chi connectivity index (χ4n) is 4.83. The summed E-state index contributed by atoms with van der Waals surface area (Å²) >= 11 is 0. The number of aliphatic imine (C=N–C) groups is 1. The monoisotopic (exact) mass is 578 g/mol. The van der Waals surface area contributed by atoms with Gasteiger partial charge in [0, 0.05) is 31.7 Å². The molecule has 0 aliphatic heterocycles. The zero-order chi connectivity index (χ0) is 30.6. The van der Waals surface area contributed by atoms with Gasteiger partial charge in [-0.05, 0) is 74.0 Å². The highest BCUT2D eigenvalue weighted by atomic mass is 16.5. The van der Waals surface area contributed by atoms with Gasteiger partial charge in [0.05, 0.1) is 12.1 Å². The van der Waals surface area contributed by atoms with Gasteiger partial charge in [0.15, 0.2) is 17.6 Å². The van der Waals surface area contributed by atoms with Gasteiger partial charge in [-0.2, -0.15) is 4.98 Å². The number of aromatic hydroxyl groups is 1. The standard InChI is InChI=1S/C30H42N8O4/c1-18-13-22(39)14-19(2)23(18)17-25(36-28(41)24(32)10-12-35-30(33)34)26(40)16-21(9-6-11-31)29-37-27(38-42-29)15-20-7-4-3-5-8-20/h3-5,7-8,13-14,21,24-25,39H,6,9-12,15-17,31-32H2,1-2H3,(H,36,41)(H4,33,34,35)/t21-,24?,25+/m1/s1. The van der Waals surface area contributed by atoms with E-state index in [-0.39, 0.29) is 49.2 Å². The first-order valence-electron chi connectivity index (χ1n) is 14.1. The number of aromatic nitrogens is 2. The predicted octanol–water partition coefficient (Wildman–Crippen LogP) is 1.48. The number of carbonyl (C=O) groups is 2. The van der Waals surface area contributed by atoms with Gasteiger partial charge in [-0.25, -0.2) is 0 Å². The van der Waals surface area contributed by atoms with Crippen molar-refractivity contribution >= 4 is 17.6 Å². The average Bonchev–Trinajstić information content (AvgIpc) is 3.40. The molecule has 1 amide bonds. The van der Waals surface area contributed by atoms with Crippen molar-refractivity contribution in [2.45, 2.75) is 70.4 Å². The van der Waals surface area contributed by atoms with Crippen molar-refractivity contribution in [1.82, 2.24) is 15.5 Å². The van der Waals surface area contributed by atoms with Crippen LogP contribution in [0.3, 0.4) is 0 Å². The molecule has 3 aromatic rings. The summed E-state index contributed by atoms with van der Waals surface area (Å²) in [4.78, 5) is 35.4. The number of guanidine groups is 1. The third-order valence-electron chi connectivity index (χ3n) is 7.11. The van der Waals surface area contributed by atoms with E-state index in [1.54, 1.807) is 12.1 Å². The molecule has 12 nitrogen and oxygen atoms in total. The Balaban J connectivity index is 1.82. The van der Waals surface area contributed by atoms with E-state index in [2.05, 4.69) is 20.4 Å². The topological polar surface area (TPSA) is 222 Å². The molecular weight excluding hydrogens is 536 g/mol. The number of nitrogens with zero attached hydrogens (tertiary/aromatic N) is 3. The second-order valence-corrected chi connectivity index (χ2v) is 10.5. The van der Waals surface area contributed by atoms with Crippen LogP contribution in [0.5, 0.6) is 5.75 Å². The van der Waals surface area contributed by atoms with Crippen molar-refractivity contribution in [2.75, 3.05) is 13.1 Å². The third-order valence-corrected chi connectivity index (χ3v) is 7.11. The van der Waals surface area contributed by atoms with Crippen molar-refractivity contribution < 1.29 is 19.2 Å². The Morgan fingerprint density at radius 3 is 2.43 bits per heavy atom. The summed E-state index contributed by atoms with van der Waals surface area (Å²) in [6.07, 6.45) is 2.18. The number of hydrogen-bond acceptors (Lipinski definition) is 9. The molecule has 1 heterocycles. The van der Waals surface area contributed by atoms with E-state index in [0.717, 1.165) is 22.3 Å². The lowest BCUT2D eigenvalue weighted by atomic mass is 9.89. The smallest absolute Gasteiger partial charge is 0.237 e. The van der Waals surface area contributed by atoms with Crippen molar-refractivity contribution in [3.05, 3.63) is 76.4 Å². The van der Waals surface area contributed by atoms with E-state index in [0.29, 0.717) is 37.5 Å². The minimum atomic E-state index is -0.921. The molecule has 42 heavy (non-hydrogen) atoms. The van der Waals surface area contributed by atoms with E-state index in [4.69, 9.17) is 27.5 Å². The summed E-state index contributed by atoms with van der Waals surface area (Å²) in [6, 6.07) is 11.2. The third kappa shape index (κ3) is 9.67. The summed E-state index contributed by atoms with van der Waals surface area (Å²) in [5.74, 6) is -0.161. The molecule has 0 radical (unpaired) electrons. The average molecular weight is 579 g/mol. The summed E-state index contributed by atoms with van der Waals surface area (Å²) in [7, 11) is 0. The van der Waals surface area contributed by atoms with Crippen LogP contribution >= 0.6 is 0 Å². The molecule has 0 spiro atoms. The van der Waals surface area contributed by atoms with Crippen LogP contribution in [-0.4, -0.2) is 58.1 Å². The number of hydrogen-bond donors (Lipinski definition) is 6. The molecule has 0 saturated heterocycles. The number of aryl methyl sites for hydroxylation is 2. The number of nitrogens with one attached hydrogen (secondary N) is 1. The summed E-state index contributed by atoms with van der Waals surface area (Å²) in [5, 5.41) is 17.0. The molecule has 12 heteroatoms. The Morgan fingerprint density at radius 1 is 1.10 bits per heavy atom. The highest BCUT2D eigenvalue weighted by Crippen LogP contribution is 2.27. The summed E-state index contributed by atoms with van der Waals surface area (Å²) in [5.41, 5.74) is 26.1. The molecule has 0 aliphatic rings. The van der Waals surface area contributed by atoms with E-state index in [1.807, 2.05) is 44.2 Å². The lowest BCUT2D eigenvalue weighted by molar-refractivity contribution is -0.128. The molecular formula is C30H42N8O4. The number of amides is 1. The number of phenolic OH excluding ortho intramolecular Hbond substituents is 1. The molecule has 0 aliphatic carbocycles. The van der Waals surface area contributed by atoms with Crippen molar-refractivity contribution in [3.8, 4) is 5.75 Å². The van der Waals surface area contributed by atoms with Gasteiger partial charge in [-0.1, -0.05) is 35.5 Å². The zero-order valence-corrected chi connectivity index (χ0v) is 24.3. The maximum Gasteiger partial charge on any atom is 0.237 e. The van der Waals surface area contributed by atoms with E-state index in [9.17, 15) is 14.7 Å². The van der Waals surface area contributed by atoms with Crippen LogP contribution in [0.4, 0.5) is 0 Å². The van der Waals surface area contributed by atoms with Gasteiger partial charge in [0.25, 0.3) is 0 Å². The van der Waals surface area contributed by atoms with Crippen LogP contribution in [0.15, 0.2) is 52.0 Å². The second-order valence-electron chi connectivity index (χ2n) is 10.5. The van der Waals surface area contributed by atoms with Gasteiger partial charge in [-0.15, -0.1) is 0 Å². The lowest BCUT2D eigenvalue weighted by Gasteiger charge is -2.23. The molecule has 3 atom stereocenters. The van der Waals surface area contributed by atoms with Crippen LogP contribution < -0.4 is 28.3 Å². The largest absolute Gasteiger partial charge is 0.508 e. The first-order chi connectivity index (χ1) is 20.1. The normalized spacial score (nSPS) is 13.2. The molecule has 226 valence electrons. The van der Waals surface area contributed by atoms with Crippen LogP contribution in [0.25, 0.3) is 0 Å². The minimum Gasteiger partial charge on any atom is -0.508 e.